The molecule has 2 fully saturated rings. The number of rotatable bonds is 3. The summed E-state index contributed by atoms with van der Waals surface area (Å²) in [6.45, 7) is 2.40. The summed E-state index contributed by atoms with van der Waals surface area (Å²) in [5, 5.41) is 9.82. The van der Waals surface area contributed by atoms with Crippen LogP contribution in [-0.2, 0) is 10.2 Å². The summed E-state index contributed by atoms with van der Waals surface area (Å²) in [4.78, 5) is 0. The molecule has 1 saturated carbocycles. The zero-order valence-corrected chi connectivity index (χ0v) is 9.76. The topological polar surface area (TPSA) is 69.6 Å². The maximum atomic E-state index is 11.8. The van der Waals surface area contributed by atoms with Gasteiger partial charge in [-0.1, -0.05) is 0 Å². The molecule has 0 aromatic carbocycles. The first-order chi connectivity index (χ1) is 6.89. The van der Waals surface area contributed by atoms with Gasteiger partial charge in [0.1, 0.15) is 0 Å². The van der Waals surface area contributed by atoms with Gasteiger partial charge in [-0.2, -0.15) is 17.4 Å². The van der Waals surface area contributed by atoms with Crippen LogP contribution in [0, 0.1) is 0 Å². The zero-order valence-electron chi connectivity index (χ0n) is 8.94. The van der Waals surface area contributed by atoms with Gasteiger partial charge >= 0.3 is 0 Å². The number of β-amino-alcohol motifs (C(OH)–C–C–N with tert-alkyl or cyclic N) is 1. The van der Waals surface area contributed by atoms with Crippen molar-refractivity contribution in [2.75, 3.05) is 13.1 Å². The van der Waals surface area contributed by atoms with Crippen molar-refractivity contribution in [1.29, 1.82) is 0 Å². The van der Waals surface area contributed by atoms with Gasteiger partial charge < -0.3 is 5.11 Å². The van der Waals surface area contributed by atoms with Crippen LogP contribution in [-0.4, -0.2) is 42.6 Å². The minimum atomic E-state index is -3.37. The molecule has 0 amide bonds. The highest BCUT2D eigenvalue weighted by atomic mass is 32.2. The van der Waals surface area contributed by atoms with Crippen LogP contribution in [0.4, 0.5) is 0 Å². The monoisotopic (exact) mass is 234 g/mol. The number of nitrogens with zero attached hydrogens (tertiary/aromatic N) is 1. The fourth-order valence-corrected chi connectivity index (χ4v) is 3.49. The van der Waals surface area contributed by atoms with E-state index < -0.39 is 15.8 Å². The molecule has 1 aliphatic heterocycles. The summed E-state index contributed by atoms with van der Waals surface area (Å²) in [6, 6.07) is 0.127. The van der Waals surface area contributed by atoms with E-state index in [0.29, 0.717) is 13.0 Å². The molecule has 15 heavy (non-hydrogen) atoms. The Labute approximate surface area is 90.6 Å². The van der Waals surface area contributed by atoms with Gasteiger partial charge in [-0.3, -0.25) is 0 Å². The second-order valence-electron chi connectivity index (χ2n) is 4.83. The molecule has 1 heterocycles. The van der Waals surface area contributed by atoms with E-state index in [4.69, 9.17) is 0 Å². The predicted molar refractivity (Wildman–Crippen MR) is 56.5 cm³/mol. The molecule has 2 rings (SSSR count). The first-order valence-electron chi connectivity index (χ1n) is 5.39. The van der Waals surface area contributed by atoms with E-state index in [1.807, 2.05) is 0 Å². The Morgan fingerprint density at radius 2 is 2.13 bits per heavy atom. The van der Waals surface area contributed by atoms with Crippen molar-refractivity contribution >= 4 is 10.2 Å². The highest BCUT2D eigenvalue weighted by Crippen LogP contribution is 2.25. The molecule has 0 aromatic heterocycles. The molecule has 1 atom stereocenters. The van der Waals surface area contributed by atoms with Crippen LogP contribution in [0.3, 0.4) is 0 Å². The van der Waals surface area contributed by atoms with Crippen molar-refractivity contribution in [1.82, 2.24) is 9.03 Å². The van der Waals surface area contributed by atoms with Gasteiger partial charge in [0.2, 0.25) is 0 Å². The highest BCUT2D eigenvalue weighted by Gasteiger charge is 2.37. The average Bonchev–Trinajstić information content (AvgIpc) is 2.85. The van der Waals surface area contributed by atoms with E-state index in [1.165, 1.54) is 4.31 Å². The minimum Gasteiger partial charge on any atom is -0.389 e. The van der Waals surface area contributed by atoms with Crippen LogP contribution < -0.4 is 4.72 Å². The maximum Gasteiger partial charge on any atom is 0.279 e. The van der Waals surface area contributed by atoms with Crippen LogP contribution in [0.25, 0.3) is 0 Å². The van der Waals surface area contributed by atoms with E-state index in [9.17, 15) is 13.5 Å². The molecule has 0 spiro atoms. The fourth-order valence-electron chi connectivity index (χ4n) is 1.87. The summed E-state index contributed by atoms with van der Waals surface area (Å²) in [7, 11) is -3.37. The summed E-state index contributed by atoms with van der Waals surface area (Å²) in [6.07, 6.45) is 3.26. The Morgan fingerprint density at radius 3 is 2.67 bits per heavy atom. The molecule has 2 aliphatic rings. The number of hydrogen-bond donors (Lipinski definition) is 2. The molecule has 1 aliphatic carbocycles. The van der Waals surface area contributed by atoms with Crippen molar-refractivity contribution in [3.05, 3.63) is 0 Å². The number of hydrogen-bond acceptors (Lipinski definition) is 3. The van der Waals surface area contributed by atoms with Gasteiger partial charge in [-0.05, 0) is 32.6 Å². The van der Waals surface area contributed by atoms with Crippen LogP contribution in [0.2, 0.25) is 0 Å². The third kappa shape index (κ3) is 2.90. The smallest absolute Gasteiger partial charge is 0.279 e. The number of nitrogens with one attached hydrogen (secondary N) is 1. The quantitative estimate of drug-likeness (QED) is 0.712. The lowest BCUT2D eigenvalue weighted by Gasteiger charge is -2.35. The Kier molecular flexibility index (Phi) is 2.79. The van der Waals surface area contributed by atoms with Crippen molar-refractivity contribution in [3.8, 4) is 0 Å². The second kappa shape index (κ2) is 3.69. The molecule has 0 radical (unpaired) electrons. The Morgan fingerprint density at radius 1 is 1.47 bits per heavy atom. The summed E-state index contributed by atoms with van der Waals surface area (Å²) < 4.78 is 27.6. The minimum absolute atomic E-state index is 0.127. The van der Waals surface area contributed by atoms with E-state index >= 15 is 0 Å². The fraction of sp³-hybridized carbons (Fsp3) is 1.00. The molecule has 2 N–H and O–H groups in total. The molecule has 5 nitrogen and oxygen atoms in total. The third-order valence-electron chi connectivity index (χ3n) is 2.87. The largest absolute Gasteiger partial charge is 0.389 e. The molecule has 88 valence electrons. The summed E-state index contributed by atoms with van der Waals surface area (Å²) >= 11 is 0. The normalized spacial score (nSPS) is 34.3. The van der Waals surface area contributed by atoms with Crippen LogP contribution in [0.1, 0.15) is 32.6 Å². The van der Waals surface area contributed by atoms with Gasteiger partial charge in [-0.25, -0.2) is 0 Å². The number of aliphatic hydroxyl groups is 1. The lowest BCUT2D eigenvalue weighted by Crippen LogP contribution is -2.52. The van der Waals surface area contributed by atoms with Gasteiger partial charge in [0.15, 0.2) is 0 Å². The third-order valence-corrected chi connectivity index (χ3v) is 4.50. The second-order valence-corrected chi connectivity index (χ2v) is 6.53. The highest BCUT2D eigenvalue weighted by molar-refractivity contribution is 7.87. The van der Waals surface area contributed by atoms with E-state index in [0.717, 1.165) is 19.3 Å². The van der Waals surface area contributed by atoms with Crippen LogP contribution in [0.5, 0.6) is 0 Å². The molecular formula is C9H18N2O3S. The van der Waals surface area contributed by atoms with Crippen LogP contribution >= 0.6 is 0 Å². The Balaban J connectivity index is 2.02. The Bertz CT molecular complexity index is 335. The van der Waals surface area contributed by atoms with Crippen LogP contribution in [0.15, 0.2) is 0 Å². The first-order valence-corrected chi connectivity index (χ1v) is 6.83. The lowest BCUT2D eigenvalue weighted by atomic mass is 9.97. The number of piperidine rings is 1. The van der Waals surface area contributed by atoms with E-state index in [-0.39, 0.29) is 12.6 Å². The molecule has 6 heteroatoms. The lowest BCUT2D eigenvalue weighted by molar-refractivity contribution is 0.00904. The van der Waals surface area contributed by atoms with E-state index in [2.05, 4.69) is 4.72 Å². The zero-order chi connectivity index (χ0) is 11.1. The molecule has 0 aromatic rings. The van der Waals surface area contributed by atoms with Gasteiger partial charge in [0.25, 0.3) is 10.2 Å². The Hall–Kier alpha value is -0.170. The van der Waals surface area contributed by atoms with E-state index in [1.54, 1.807) is 6.92 Å². The molecule has 1 unspecified atom stereocenters. The van der Waals surface area contributed by atoms with Gasteiger partial charge in [0.05, 0.1) is 5.60 Å². The van der Waals surface area contributed by atoms with Gasteiger partial charge in [0, 0.05) is 19.1 Å². The summed E-state index contributed by atoms with van der Waals surface area (Å²) in [5.74, 6) is 0. The SMILES string of the molecule is CC1(O)CCCN(S(=O)(=O)NC2CC2)C1. The molecule has 0 bridgehead atoms. The first kappa shape index (κ1) is 11.3. The van der Waals surface area contributed by atoms with Gasteiger partial charge in [-0.15, -0.1) is 0 Å². The predicted octanol–water partition coefficient (Wildman–Crippen LogP) is -0.170. The standard InChI is InChI=1S/C9H18N2O3S/c1-9(12)5-2-6-11(7-9)15(13,14)10-8-3-4-8/h8,10,12H,2-7H2,1H3. The average molecular weight is 234 g/mol. The molecular weight excluding hydrogens is 216 g/mol. The summed E-state index contributed by atoms with van der Waals surface area (Å²) in [5.41, 5.74) is -0.878. The molecule has 1 saturated heterocycles. The van der Waals surface area contributed by atoms with Crippen molar-refractivity contribution in [2.45, 2.75) is 44.2 Å². The van der Waals surface area contributed by atoms with Crippen molar-refractivity contribution in [2.24, 2.45) is 0 Å². The van der Waals surface area contributed by atoms with Crippen molar-refractivity contribution in [3.63, 3.8) is 0 Å². The maximum absolute atomic E-state index is 11.8. The van der Waals surface area contributed by atoms with Crippen molar-refractivity contribution < 1.29 is 13.5 Å².